The Morgan fingerprint density at radius 3 is 2.81 bits per heavy atom. The van der Waals surface area contributed by atoms with Crippen molar-refractivity contribution < 1.29 is 4.74 Å². The molecule has 3 nitrogen and oxygen atoms in total. The molecule has 0 aliphatic carbocycles. The molecule has 0 bridgehead atoms. The van der Waals surface area contributed by atoms with E-state index in [0.29, 0.717) is 18.0 Å². The summed E-state index contributed by atoms with van der Waals surface area (Å²) in [6.07, 6.45) is 2.28. The summed E-state index contributed by atoms with van der Waals surface area (Å²) in [5, 5.41) is 3.76. The number of para-hydroxylation sites is 1. The topological polar surface area (TPSA) is 24.5 Å². The Hall–Kier alpha value is -1.06. The minimum atomic E-state index is 0.498. The lowest BCUT2D eigenvalue weighted by atomic mass is 9.98. The minimum Gasteiger partial charge on any atom is -0.385 e. The van der Waals surface area contributed by atoms with E-state index in [1.165, 1.54) is 17.7 Å². The molecule has 3 heteroatoms. The van der Waals surface area contributed by atoms with Gasteiger partial charge in [-0.05, 0) is 30.9 Å². The molecular formula is C18H30N2O. The zero-order chi connectivity index (χ0) is 15.2. The van der Waals surface area contributed by atoms with E-state index in [2.05, 4.69) is 55.3 Å². The van der Waals surface area contributed by atoms with Crippen molar-refractivity contribution in [2.75, 3.05) is 25.2 Å². The fourth-order valence-electron chi connectivity index (χ4n) is 3.08. The predicted molar refractivity (Wildman–Crippen MR) is 89.8 cm³/mol. The Balaban J connectivity index is 2.23. The molecule has 118 valence electrons. The van der Waals surface area contributed by atoms with Crippen molar-refractivity contribution in [1.82, 2.24) is 5.32 Å². The summed E-state index contributed by atoms with van der Waals surface area (Å²) in [6, 6.07) is 9.85. The summed E-state index contributed by atoms with van der Waals surface area (Å²) in [6.45, 7) is 9.82. The highest BCUT2D eigenvalue weighted by Crippen LogP contribution is 2.28. The molecule has 21 heavy (non-hydrogen) atoms. The summed E-state index contributed by atoms with van der Waals surface area (Å²) in [5.41, 5.74) is 2.80. The fourth-order valence-corrected chi connectivity index (χ4v) is 3.08. The lowest BCUT2D eigenvalue weighted by molar-refractivity contribution is 0.187. The van der Waals surface area contributed by atoms with Crippen molar-refractivity contribution in [2.45, 2.75) is 52.2 Å². The highest BCUT2D eigenvalue weighted by atomic mass is 16.5. The molecule has 1 N–H and O–H groups in total. The van der Waals surface area contributed by atoms with Gasteiger partial charge in [-0.1, -0.05) is 38.5 Å². The number of fused-ring (bicyclic) bond motifs is 1. The van der Waals surface area contributed by atoms with Gasteiger partial charge in [0.05, 0.1) is 0 Å². The maximum absolute atomic E-state index is 5.28. The van der Waals surface area contributed by atoms with Gasteiger partial charge in [0.25, 0.3) is 0 Å². The third kappa shape index (κ3) is 3.98. The molecule has 3 atom stereocenters. The van der Waals surface area contributed by atoms with E-state index in [4.69, 9.17) is 4.74 Å². The van der Waals surface area contributed by atoms with Crippen LogP contribution in [0.1, 0.15) is 39.2 Å². The maximum Gasteiger partial charge on any atom is 0.0481 e. The van der Waals surface area contributed by atoms with E-state index < -0.39 is 0 Å². The van der Waals surface area contributed by atoms with Crippen LogP contribution < -0.4 is 10.2 Å². The van der Waals surface area contributed by atoms with Gasteiger partial charge in [0.15, 0.2) is 0 Å². The summed E-state index contributed by atoms with van der Waals surface area (Å²) < 4.78 is 5.28. The third-order valence-electron chi connectivity index (χ3n) is 4.85. The average molecular weight is 290 g/mol. The maximum atomic E-state index is 5.28. The Labute approximate surface area is 129 Å². The predicted octanol–water partition coefficient (Wildman–Crippen LogP) is 3.44. The van der Waals surface area contributed by atoms with Gasteiger partial charge in [0, 0.05) is 44.6 Å². The first-order chi connectivity index (χ1) is 10.2. The molecule has 0 fully saturated rings. The molecule has 1 aliphatic rings. The summed E-state index contributed by atoms with van der Waals surface area (Å²) >= 11 is 0. The summed E-state index contributed by atoms with van der Waals surface area (Å²) in [5.74, 6) is 0.691. The highest BCUT2D eigenvalue weighted by molar-refractivity contribution is 5.55. The van der Waals surface area contributed by atoms with Crippen LogP contribution in [0.4, 0.5) is 5.69 Å². The van der Waals surface area contributed by atoms with E-state index in [9.17, 15) is 0 Å². The fraction of sp³-hybridized carbons (Fsp3) is 0.667. The van der Waals surface area contributed by atoms with Crippen LogP contribution in [0.5, 0.6) is 0 Å². The van der Waals surface area contributed by atoms with Crippen LogP contribution in [0.15, 0.2) is 24.3 Å². The van der Waals surface area contributed by atoms with Crippen molar-refractivity contribution >= 4 is 5.69 Å². The number of methoxy groups -OCH3 is 1. The van der Waals surface area contributed by atoms with Crippen LogP contribution in [-0.2, 0) is 11.3 Å². The van der Waals surface area contributed by atoms with Gasteiger partial charge in [-0.25, -0.2) is 0 Å². The molecule has 0 radical (unpaired) electrons. The van der Waals surface area contributed by atoms with Crippen LogP contribution >= 0.6 is 0 Å². The molecule has 2 rings (SSSR count). The number of ether oxygens (including phenoxy) is 1. The van der Waals surface area contributed by atoms with Gasteiger partial charge in [-0.3, -0.25) is 0 Å². The Morgan fingerprint density at radius 1 is 1.33 bits per heavy atom. The molecule has 0 saturated heterocycles. The zero-order valence-electron chi connectivity index (χ0n) is 13.9. The molecule has 1 heterocycles. The Morgan fingerprint density at radius 2 is 2.10 bits per heavy atom. The molecule has 1 aromatic rings. The first kappa shape index (κ1) is 16.3. The first-order valence-electron chi connectivity index (χ1n) is 8.24. The van der Waals surface area contributed by atoms with Gasteiger partial charge in [-0.2, -0.15) is 0 Å². The van der Waals surface area contributed by atoms with E-state index >= 15 is 0 Å². The summed E-state index contributed by atoms with van der Waals surface area (Å²) in [7, 11) is 1.78. The van der Waals surface area contributed by atoms with Gasteiger partial charge in [0.1, 0.15) is 0 Å². The van der Waals surface area contributed by atoms with Crippen molar-refractivity contribution in [2.24, 2.45) is 5.92 Å². The van der Waals surface area contributed by atoms with Crippen LogP contribution in [0.3, 0.4) is 0 Å². The van der Waals surface area contributed by atoms with Gasteiger partial charge >= 0.3 is 0 Å². The zero-order valence-corrected chi connectivity index (χ0v) is 13.9. The lowest BCUT2D eigenvalue weighted by Crippen LogP contribution is -2.45. The van der Waals surface area contributed by atoms with E-state index in [1.54, 1.807) is 7.11 Å². The first-order valence-corrected chi connectivity index (χ1v) is 8.24. The third-order valence-corrected chi connectivity index (χ3v) is 4.85. The number of nitrogens with zero attached hydrogens (tertiary/aromatic N) is 1. The second kappa shape index (κ2) is 7.81. The van der Waals surface area contributed by atoms with E-state index in [-0.39, 0.29) is 0 Å². The number of anilines is 1. The van der Waals surface area contributed by atoms with Crippen LogP contribution in [0.25, 0.3) is 0 Å². The van der Waals surface area contributed by atoms with E-state index in [0.717, 1.165) is 26.1 Å². The standard InChI is InChI=1S/C18H30N2O/c1-5-14(2)17-13-20(15(3)10-11-21-4)18-9-7-6-8-16(18)12-19-17/h6-9,14-15,17,19H,5,10-13H2,1-4H3. The van der Waals surface area contributed by atoms with Crippen LogP contribution in [0, 0.1) is 5.92 Å². The van der Waals surface area contributed by atoms with Crippen molar-refractivity contribution in [1.29, 1.82) is 0 Å². The highest BCUT2D eigenvalue weighted by Gasteiger charge is 2.26. The summed E-state index contributed by atoms with van der Waals surface area (Å²) in [4.78, 5) is 2.57. The van der Waals surface area contributed by atoms with Crippen molar-refractivity contribution in [3.8, 4) is 0 Å². The molecule has 3 unspecified atom stereocenters. The van der Waals surface area contributed by atoms with Gasteiger partial charge < -0.3 is 15.0 Å². The lowest BCUT2D eigenvalue weighted by Gasteiger charge is -2.35. The Kier molecular flexibility index (Phi) is 6.07. The Bertz CT molecular complexity index is 435. The molecule has 0 amide bonds. The number of benzene rings is 1. The SMILES string of the molecule is CCC(C)C1CN(C(C)CCOC)c2ccccc2CN1. The second-order valence-corrected chi connectivity index (χ2v) is 6.28. The monoisotopic (exact) mass is 290 g/mol. The van der Waals surface area contributed by atoms with Crippen molar-refractivity contribution in [3.05, 3.63) is 29.8 Å². The number of hydrogen-bond acceptors (Lipinski definition) is 3. The van der Waals surface area contributed by atoms with Gasteiger partial charge in [0.2, 0.25) is 0 Å². The number of nitrogens with one attached hydrogen (secondary N) is 1. The van der Waals surface area contributed by atoms with Gasteiger partial charge in [-0.15, -0.1) is 0 Å². The second-order valence-electron chi connectivity index (χ2n) is 6.28. The van der Waals surface area contributed by atoms with E-state index in [1.807, 2.05) is 0 Å². The quantitative estimate of drug-likeness (QED) is 0.868. The number of rotatable bonds is 6. The largest absolute Gasteiger partial charge is 0.385 e. The average Bonchev–Trinajstić information content (AvgIpc) is 2.71. The molecule has 1 aliphatic heterocycles. The van der Waals surface area contributed by atoms with Crippen LogP contribution in [0.2, 0.25) is 0 Å². The van der Waals surface area contributed by atoms with Crippen LogP contribution in [-0.4, -0.2) is 32.3 Å². The molecule has 0 saturated carbocycles. The molecule has 1 aromatic carbocycles. The molecule has 0 spiro atoms. The molecule has 0 aromatic heterocycles. The smallest absolute Gasteiger partial charge is 0.0481 e. The number of hydrogen-bond donors (Lipinski definition) is 1. The molecular weight excluding hydrogens is 260 g/mol. The normalized spacial score (nSPS) is 21.5. The van der Waals surface area contributed by atoms with Crippen molar-refractivity contribution in [3.63, 3.8) is 0 Å². The minimum absolute atomic E-state index is 0.498.